The first-order valence-corrected chi connectivity index (χ1v) is 12.2. The summed E-state index contributed by atoms with van der Waals surface area (Å²) in [5, 5.41) is 2.76. The van der Waals surface area contributed by atoms with Gasteiger partial charge in [0, 0.05) is 0 Å². The van der Waals surface area contributed by atoms with E-state index in [2.05, 4.69) is 20.0 Å². The number of fused-ring (bicyclic) bond motifs is 1. The molecule has 0 amide bonds. The highest BCUT2D eigenvalue weighted by molar-refractivity contribution is 7.56. The largest absolute Gasteiger partial charge is 0.468 e. The van der Waals surface area contributed by atoms with Crippen molar-refractivity contribution in [3.05, 3.63) is 48.0 Å². The van der Waals surface area contributed by atoms with Gasteiger partial charge in [-0.15, -0.1) is 0 Å². The Morgan fingerprint density at radius 2 is 2.00 bits per heavy atom. The molecule has 2 aromatic heterocycles. The van der Waals surface area contributed by atoms with E-state index in [1.54, 1.807) is 17.8 Å². The molecule has 0 aliphatic heterocycles. The van der Waals surface area contributed by atoms with Crippen LogP contribution in [-0.4, -0.2) is 51.1 Å². The van der Waals surface area contributed by atoms with Crippen LogP contribution in [0.4, 0.5) is 5.82 Å². The molecule has 0 radical (unpaired) electrons. The van der Waals surface area contributed by atoms with Crippen molar-refractivity contribution in [2.75, 3.05) is 19.2 Å². The summed E-state index contributed by atoms with van der Waals surface area (Å²) in [5.74, 6) is -0.257. The summed E-state index contributed by atoms with van der Waals surface area (Å²) in [6.07, 6.45) is 2.35. The molecule has 33 heavy (non-hydrogen) atoms. The minimum absolute atomic E-state index is 0.102. The Morgan fingerprint density at radius 1 is 1.24 bits per heavy atom. The molecule has 3 atom stereocenters. The first kappa shape index (κ1) is 24.8. The molecule has 12 heteroatoms. The highest BCUT2D eigenvalue weighted by atomic mass is 31.2. The summed E-state index contributed by atoms with van der Waals surface area (Å²) in [4.78, 5) is 24.3. The van der Waals surface area contributed by atoms with Crippen LogP contribution in [0.2, 0.25) is 0 Å². The standard InChI is InChI=1S/C21H29N6O5P/c1-14-7-5-6-8-17(14)10-32-33(29,26-16(3)21(28)30-4)13-31-15(2)9-27-12-25-18-19(22)23-11-24-20(18)27/h5-8,11-12,15-16H,9-10,13H2,1-4H3,(H,26,29)(H2,22,23,24)/t15-,16+,33?/m1/s1. The fraction of sp³-hybridized carbons (Fsp3) is 0.429. The number of esters is 1. The number of carbonyl (C=O) groups excluding carboxylic acids is 1. The average molecular weight is 476 g/mol. The first-order valence-electron chi connectivity index (χ1n) is 10.4. The third-order valence-corrected chi connectivity index (χ3v) is 6.86. The van der Waals surface area contributed by atoms with E-state index in [-0.39, 0.29) is 19.1 Å². The van der Waals surface area contributed by atoms with Crippen molar-refractivity contribution in [1.82, 2.24) is 24.6 Å². The van der Waals surface area contributed by atoms with E-state index in [4.69, 9.17) is 19.7 Å². The van der Waals surface area contributed by atoms with Crippen LogP contribution in [0.15, 0.2) is 36.9 Å². The maximum absolute atomic E-state index is 13.6. The predicted molar refractivity (Wildman–Crippen MR) is 123 cm³/mol. The molecule has 0 aliphatic rings. The highest BCUT2D eigenvalue weighted by Crippen LogP contribution is 2.44. The Balaban J connectivity index is 1.68. The number of ether oxygens (including phenoxy) is 2. The van der Waals surface area contributed by atoms with Crippen LogP contribution in [0.3, 0.4) is 0 Å². The Bertz CT molecular complexity index is 1150. The number of hydrogen-bond acceptors (Lipinski definition) is 9. The van der Waals surface area contributed by atoms with Gasteiger partial charge >= 0.3 is 5.97 Å². The van der Waals surface area contributed by atoms with Gasteiger partial charge in [-0.3, -0.25) is 9.36 Å². The Morgan fingerprint density at radius 3 is 2.73 bits per heavy atom. The molecule has 1 aromatic carbocycles. The van der Waals surface area contributed by atoms with Crippen LogP contribution in [0.5, 0.6) is 0 Å². The molecule has 0 aliphatic carbocycles. The molecule has 0 fully saturated rings. The number of nitrogens with zero attached hydrogens (tertiary/aromatic N) is 4. The Kier molecular flexibility index (Phi) is 8.15. The maximum atomic E-state index is 13.6. The predicted octanol–water partition coefficient (Wildman–Crippen LogP) is 2.64. The maximum Gasteiger partial charge on any atom is 0.323 e. The SMILES string of the molecule is COC(=O)[C@H](C)NP(=O)(CO[C@H](C)Cn1cnc2c(N)ncnc21)OCc1ccccc1C. The van der Waals surface area contributed by atoms with E-state index in [1.165, 1.54) is 13.4 Å². The zero-order valence-corrected chi connectivity index (χ0v) is 20.0. The summed E-state index contributed by atoms with van der Waals surface area (Å²) in [6.45, 7) is 5.81. The van der Waals surface area contributed by atoms with Crippen molar-refractivity contribution in [2.45, 2.75) is 46.1 Å². The number of carbonyl (C=O) groups is 1. The number of hydrogen-bond donors (Lipinski definition) is 2. The van der Waals surface area contributed by atoms with E-state index >= 15 is 0 Å². The number of anilines is 1. The molecule has 0 saturated carbocycles. The highest BCUT2D eigenvalue weighted by Gasteiger charge is 2.30. The lowest BCUT2D eigenvalue weighted by Gasteiger charge is -2.24. The van der Waals surface area contributed by atoms with Gasteiger partial charge in [0.2, 0.25) is 0 Å². The topological polar surface area (TPSA) is 143 Å². The van der Waals surface area contributed by atoms with Crippen LogP contribution in [0.1, 0.15) is 25.0 Å². The molecular formula is C21H29N6O5P. The van der Waals surface area contributed by atoms with Gasteiger partial charge in [-0.05, 0) is 31.9 Å². The monoisotopic (exact) mass is 476 g/mol. The molecule has 11 nitrogen and oxygen atoms in total. The molecule has 2 heterocycles. The van der Waals surface area contributed by atoms with Gasteiger partial charge in [-0.1, -0.05) is 24.3 Å². The second-order valence-corrected chi connectivity index (χ2v) is 9.80. The summed E-state index contributed by atoms with van der Waals surface area (Å²) in [7, 11) is -2.30. The zero-order chi connectivity index (χ0) is 24.0. The Labute approximate surface area is 192 Å². The van der Waals surface area contributed by atoms with Gasteiger partial charge in [0.1, 0.15) is 24.2 Å². The molecule has 1 unspecified atom stereocenters. The number of benzene rings is 1. The second kappa shape index (κ2) is 10.8. The number of rotatable bonds is 11. The number of nitrogens with two attached hydrogens (primary N) is 1. The lowest BCUT2D eigenvalue weighted by Crippen LogP contribution is -2.34. The molecule has 0 saturated heterocycles. The number of nitrogen functional groups attached to an aromatic ring is 1. The third kappa shape index (κ3) is 6.35. The van der Waals surface area contributed by atoms with Crippen LogP contribution in [0.25, 0.3) is 11.2 Å². The lowest BCUT2D eigenvalue weighted by molar-refractivity contribution is -0.142. The normalized spacial score (nSPS) is 15.2. The zero-order valence-electron chi connectivity index (χ0n) is 19.1. The van der Waals surface area contributed by atoms with E-state index in [9.17, 15) is 9.36 Å². The smallest absolute Gasteiger partial charge is 0.323 e. The van der Waals surface area contributed by atoms with Crippen molar-refractivity contribution in [3.8, 4) is 0 Å². The average Bonchev–Trinajstić information content (AvgIpc) is 3.20. The fourth-order valence-electron chi connectivity index (χ4n) is 3.17. The molecule has 3 aromatic rings. The molecule has 178 valence electrons. The molecule has 0 bridgehead atoms. The third-order valence-electron chi connectivity index (χ3n) is 5.05. The van der Waals surface area contributed by atoms with Crippen molar-refractivity contribution in [1.29, 1.82) is 0 Å². The number of nitrogens with one attached hydrogen (secondary N) is 1. The molecular weight excluding hydrogens is 447 g/mol. The summed E-state index contributed by atoms with van der Waals surface area (Å²) in [5.41, 5.74) is 8.81. The van der Waals surface area contributed by atoms with Crippen LogP contribution < -0.4 is 10.8 Å². The van der Waals surface area contributed by atoms with Gasteiger partial charge in [0.15, 0.2) is 11.5 Å². The van der Waals surface area contributed by atoms with Gasteiger partial charge < -0.3 is 24.3 Å². The summed E-state index contributed by atoms with van der Waals surface area (Å²) in [6, 6.07) is 6.79. The van der Waals surface area contributed by atoms with Crippen molar-refractivity contribution >= 4 is 30.5 Å². The van der Waals surface area contributed by atoms with Crippen molar-refractivity contribution in [2.24, 2.45) is 0 Å². The van der Waals surface area contributed by atoms with Gasteiger partial charge in [0.25, 0.3) is 7.52 Å². The minimum atomic E-state index is -3.57. The van der Waals surface area contributed by atoms with Crippen molar-refractivity contribution in [3.63, 3.8) is 0 Å². The first-order chi connectivity index (χ1) is 15.7. The van der Waals surface area contributed by atoms with Crippen LogP contribution >= 0.6 is 7.52 Å². The van der Waals surface area contributed by atoms with E-state index in [1.807, 2.05) is 38.1 Å². The quantitative estimate of drug-likeness (QED) is 0.313. The van der Waals surface area contributed by atoms with E-state index < -0.39 is 19.5 Å². The lowest BCUT2D eigenvalue weighted by atomic mass is 10.1. The van der Waals surface area contributed by atoms with Gasteiger partial charge in [-0.25, -0.2) is 20.0 Å². The minimum Gasteiger partial charge on any atom is -0.468 e. The number of imidazole rings is 1. The van der Waals surface area contributed by atoms with E-state index in [0.717, 1.165) is 11.1 Å². The van der Waals surface area contributed by atoms with Crippen molar-refractivity contribution < 1.29 is 23.4 Å². The number of aryl methyl sites for hydroxylation is 1. The van der Waals surface area contributed by atoms with Gasteiger partial charge in [0.05, 0.1) is 32.7 Å². The van der Waals surface area contributed by atoms with Crippen LogP contribution in [-0.2, 0) is 36.5 Å². The van der Waals surface area contributed by atoms with Crippen LogP contribution in [0, 0.1) is 6.92 Å². The van der Waals surface area contributed by atoms with Gasteiger partial charge in [-0.2, -0.15) is 0 Å². The Hall–Kier alpha value is -2.85. The molecule has 0 spiro atoms. The molecule has 3 rings (SSSR count). The van der Waals surface area contributed by atoms with E-state index in [0.29, 0.717) is 23.5 Å². The molecule has 3 N–H and O–H groups in total. The number of aromatic nitrogens is 4. The summed E-state index contributed by atoms with van der Waals surface area (Å²) >= 11 is 0. The second-order valence-electron chi connectivity index (χ2n) is 7.68. The fourth-order valence-corrected chi connectivity index (χ4v) is 4.89. The summed E-state index contributed by atoms with van der Waals surface area (Å²) < 4.78 is 31.7. The number of methoxy groups -OCH3 is 1.